The van der Waals surface area contributed by atoms with E-state index in [1.807, 2.05) is 31.2 Å². The molecule has 0 spiro atoms. The molecule has 0 amide bonds. The number of hydrogen-bond acceptors (Lipinski definition) is 4. The van der Waals surface area contributed by atoms with Gasteiger partial charge in [-0.25, -0.2) is 8.78 Å². The molecule has 0 fully saturated rings. The van der Waals surface area contributed by atoms with E-state index in [1.165, 1.54) is 12.1 Å². The van der Waals surface area contributed by atoms with Crippen molar-refractivity contribution < 1.29 is 13.5 Å². The van der Waals surface area contributed by atoms with E-state index in [4.69, 9.17) is 10.5 Å². The van der Waals surface area contributed by atoms with Gasteiger partial charge in [-0.15, -0.1) is 0 Å². The standard InChI is InChI=1S/C22H20F2N4O/c1-13-19-9-14(5-6-21(19)28-27-13)16-8-18(11-26-10-16)29-12-17(25)7-15-3-2-4-20(23)22(15)24/h2-6,8-11,17H,7,12,25H2,1H3,(H,27,28)/t17-/m0/s1. The van der Waals surface area contributed by atoms with Gasteiger partial charge in [-0.2, -0.15) is 5.10 Å². The van der Waals surface area contributed by atoms with Crippen LogP contribution in [-0.2, 0) is 6.42 Å². The summed E-state index contributed by atoms with van der Waals surface area (Å²) < 4.78 is 32.9. The van der Waals surface area contributed by atoms with Crippen molar-refractivity contribution >= 4 is 10.9 Å². The van der Waals surface area contributed by atoms with Crippen LogP contribution < -0.4 is 10.5 Å². The van der Waals surface area contributed by atoms with Crippen LogP contribution in [0.15, 0.2) is 54.9 Å². The van der Waals surface area contributed by atoms with Gasteiger partial charge >= 0.3 is 0 Å². The molecule has 2 aromatic heterocycles. The van der Waals surface area contributed by atoms with Gasteiger partial charge in [0.1, 0.15) is 12.4 Å². The number of pyridine rings is 1. The van der Waals surface area contributed by atoms with Crippen LogP contribution in [0.3, 0.4) is 0 Å². The molecule has 2 aromatic carbocycles. The molecule has 1 atom stereocenters. The first-order valence-corrected chi connectivity index (χ1v) is 9.22. The van der Waals surface area contributed by atoms with Crippen LogP contribution in [0.5, 0.6) is 5.75 Å². The van der Waals surface area contributed by atoms with Crippen molar-refractivity contribution in [1.29, 1.82) is 0 Å². The van der Waals surface area contributed by atoms with Crippen molar-refractivity contribution in [2.75, 3.05) is 6.61 Å². The molecule has 148 valence electrons. The highest BCUT2D eigenvalue weighted by Gasteiger charge is 2.13. The lowest BCUT2D eigenvalue weighted by atomic mass is 10.0. The number of rotatable bonds is 6. The van der Waals surface area contributed by atoms with Crippen LogP contribution >= 0.6 is 0 Å². The Hall–Kier alpha value is -3.32. The Balaban J connectivity index is 1.45. The second-order valence-electron chi connectivity index (χ2n) is 6.98. The Kier molecular flexibility index (Phi) is 5.22. The fourth-order valence-electron chi connectivity index (χ4n) is 3.22. The Labute approximate surface area is 166 Å². The zero-order valence-electron chi connectivity index (χ0n) is 15.8. The lowest BCUT2D eigenvalue weighted by Crippen LogP contribution is -2.30. The van der Waals surface area contributed by atoms with Gasteiger partial charge in [-0.3, -0.25) is 10.1 Å². The molecule has 0 unspecified atom stereocenters. The van der Waals surface area contributed by atoms with Crippen LogP contribution in [0.4, 0.5) is 8.78 Å². The molecule has 0 bridgehead atoms. The lowest BCUT2D eigenvalue weighted by Gasteiger charge is -2.14. The van der Waals surface area contributed by atoms with Crippen LogP contribution in [0, 0.1) is 18.6 Å². The Morgan fingerprint density at radius 3 is 2.83 bits per heavy atom. The number of aromatic amines is 1. The molecule has 0 aliphatic carbocycles. The van der Waals surface area contributed by atoms with Gasteiger partial charge in [-0.1, -0.05) is 18.2 Å². The summed E-state index contributed by atoms with van der Waals surface area (Å²) in [5.74, 6) is -1.18. The third kappa shape index (κ3) is 4.09. The van der Waals surface area contributed by atoms with E-state index >= 15 is 0 Å². The van der Waals surface area contributed by atoms with Crippen molar-refractivity contribution in [2.24, 2.45) is 5.73 Å². The summed E-state index contributed by atoms with van der Waals surface area (Å²) in [5.41, 5.74) is 10.1. The first kappa shape index (κ1) is 19.0. The minimum absolute atomic E-state index is 0.154. The maximum Gasteiger partial charge on any atom is 0.162 e. The molecule has 0 aliphatic rings. The molecule has 4 rings (SSSR count). The number of aryl methyl sites for hydroxylation is 1. The molecule has 0 aliphatic heterocycles. The molecule has 0 radical (unpaired) electrons. The topological polar surface area (TPSA) is 76.8 Å². The predicted octanol–water partition coefficient (Wildman–Crippen LogP) is 4.16. The fourth-order valence-corrected chi connectivity index (χ4v) is 3.22. The van der Waals surface area contributed by atoms with E-state index in [0.717, 1.165) is 33.8 Å². The van der Waals surface area contributed by atoms with Gasteiger partial charge in [0.05, 0.1) is 11.7 Å². The number of hydrogen-bond donors (Lipinski definition) is 2. The normalized spacial score (nSPS) is 12.3. The van der Waals surface area contributed by atoms with Crippen molar-refractivity contribution in [3.63, 3.8) is 0 Å². The highest BCUT2D eigenvalue weighted by molar-refractivity contribution is 5.86. The van der Waals surface area contributed by atoms with E-state index in [1.54, 1.807) is 12.4 Å². The molecule has 0 saturated carbocycles. The number of ether oxygens (including phenoxy) is 1. The summed E-state index contributed by atoms with van der Waals surface area (Å²) in [6.45, 7) is 2.13. The van der Waals surface area contributed by atoms with E-state index < -0.39 is 17.7 Å². The molecular formula is C22H20F2N4O. The van der Waals surface area contributed by atoms with Gasteiger partial charge in [0.15, 0.2) is 11.6 Å². The third-order valence-corrected chi connectivity index (χ3v) is 4.77. The molecule has 0 saturated heterocycles. The largest absolute Gasteiger partial charge is 0.490 e. The third-order valence-electron chi connectivity index (χ3n) is 4.77. The molecule has 2 heterocycles. The number of halogens is 2. The monoisotopic (exact) mass is 394 g/mol. The number of nitrogens with two attached hydrogens (primary N) is 1. The smallest absolute Gasteiger partial charge is 0.162 e. The van der Waals surface area contributed by atoms with E-state index in [2.05, 4.69) is 15.2 Å². The molecule has 7 heteroatoms. The van der Waals surface area contributed by atoms with Crippen molar-refractivity contribution in [3.8, 4) is 16.9 Å². The Morgan fingerprint density at radius 2 is 1.97 bits per heavy atom. The minimum Gasteiger partial charge on any atom is -0.490 e. The van der Waals surface area contributed by atoms with Crippen molar-refractivity contribution in [3.05, 3.63) is 77.8 Å². The number of H-pyrrole nitrogens is 1. The first-order valence-electron chi connectivity index (χ1n) is 9.22. The highest BCUT2D eigenvalue weighted by atomic mass is 19.2. The maximum atomic E-state index is 13.8. The van der Waals surface area contributed by atoms with Crippen LogP contribution in [-0.4, -0.2) is 27.8 Å². The fraction of sp³-hybridized carbons (Fsp3) is 0.182. The van der Waals surface area contributed by atoms with Gasteiger partial charge in [-0.05, 0) is 48.7 Å². The molecule has 4 aromatic rings. The number of nitrogens with one attached hydrogen (secondary N) is 1. The van der Waals surface area contributed by atoms with Crippen LogP contribution in [0.1, 0.15) is 11.3 Å². The number of nitrogens with zero attached hydrogens (tertiary/aromatic N) is 2. The molecular weight excluding hydrogens is 374 g/mol. The molecule has 5 nitrogen and oxygen atoms in total. The Morgan fingerprint density at radius 1 is 1.10 bits per heavy atom. The second-order valence-corrected chi connectivity index (χ2v) is 6.98. The summed E-state index contributed by atoms with van der Waals surface area (Å²) >= 11 is 0. The van der Waals surface area contributed by atoms with Gasteiger partial charge < -0.3 is 10.5 Å². The lowest BCUT2D eigenvalue weighted by molar-refractivity contribution is 0.285. The summed E-state index contributed by atoms with van der Waals surface area (Å²) in [6.07, 6.45) is 3.53. The summed E-state index contributed by atoms with van der Waals surface area (Å²) in [5, 5.41) is 8.26. The summed E-state index contributed by atoms with van der Waals surface area (Å²) in [7, 11) is 0. The van der Waals surface area contributed by atoms with Gasteiger partial charge in [0, 0.05) is 28.9 Å². The maximum absolute atomic E-state index is 13.8. The number of fused-ring (bicyclic) bond motifs is 1. The number of benzene rings is 2. The van der Waals surface area contributed by atoms with Crippen molar-refractivity contribution in [2.45, 2.75) is 19.4 Å². The minimum atomic E-state index is -0.877. The van der Waals surface area contributed by atoms with E-state index in [-0.39, 0.29) is 18.6 Å². The highest BCUT2D eigenvalue weighted by Crippen LogP contribution is 2.27. The van der Waals surface area contributed by atoms with E-state index in [9.17, 15) is 8.78 Å². The average molecular weight is 394 g/mol. The zero-order chi connectivity index (χ0) is 20.4. The SMILES string of the molecule is Cc1[nH]nc2ccc(-c3cncc(OC[C@@H](N)Cc4cccc(F)c4F)c3)cc12. The number of aromatic nitrogens is 3. The summed E-state index contributed by atoms with van der Waals surface area (Å²) in [6, 6.07) is 11.4. The molecule has 29 heavy (non-hydrogen) atoms. The summed E-state index contributed by atoms with van der Waals surface area (Å²) in [4.78, 5) is 4.24. The quantitative estimate of drug-likeness (QED) is 0.515. The van der Waals surface area contributed by atoms with Gasteiger partial charge in [0.2, 0.25) is 0 Å². The predicted molar refractivity (Wildman–Crippen MR) is 108 cm³/mol. The van der Waals surface area contributed by atoms with Gasteiger partial charge in [0.25, 0.3) is 0 Å². The first-order chi connectivity index (χ1) is 14.0. The van der Waals surface area contributed by atoms with E-state index in [0.29, 0.717) is 5.75 Å². The Bertz CT molecular complexity index is 1160. The van der Waals surface area contributed by atoms with Crippen LogP contribution in [0.25, 0.3) is 22.0 Å². The van der Waals surface area contributed by atoms with Crippen LogP contribution in [0.2, 0.25) is 0 Å². The molecule has 3 N–H and O–H groups in total. The second kappa shape index (κ2) is 7.97. The zero-order valence-corrected chi connectivity index (χ0v) is 15.8. The average Bonchev–Trinajstić information content (AvgIpc) is 3.10. The van der Waals surface area contributed by atoms with Crippen molar-refractivity contribution in [1.82, 2.24) is 15.2 Å².